The molecule has 0 aliphatic rings. The summed E-state index contributed by atoms with van der Waals surface area (Å²) in [5, 5.41) is 22.5. The van der Waals surface area contributed by atoms with Crippen LogP contribution in [0.1, 0.15) is 17.2 Å². The van der Waals surface area contributed by atoms with Gasteiger partial charge in [-0.15, -0.1) is 0 Å². The van der Waals surface area contributed by atoms with Crippen molar-refractivity contribution in [2.75, 3.05) is 0 Å². The Balaban J connectivity index is 1.94. The lowest BCUT2D eigenvalue weighted by molar-refractivity contribution is 0.144. The van der Waals surface area contributed by atoms with E-state index in [-0.39, 0.29) is 5.75 Å². The highest BCUT2D eigenvalue weighted by molar-refractivity contribution is 5.88. The zero-order valence-electron chi connectivity index (χ0n) is 12.2. The molecule has 4 N–H and O–H groups in total. The number of hydrogen-bond acceptors (Lipinski definition) is 3. The molecule has 0 aromatic heterocycles. The molecule has 0 spiro atoms. The Bertz CT molecular complexity index is 771. The molecule has 3 heteroatoms. The third kappa shape index (κ3) is 2.82. The molecule has 0 saturated carbocycles. The molecule has 22 heavy (non-hydrogen) atoms. The Hall–Kier alpha value is -2.36. The third-order valence-corrected chi connectivity index (χ3v) is 3.98. The molecule has 112 valence electrons. The lowest BCUT2D eigenvalue weighted by Crippen LogP contribution is -2.28. The van der Waals surface area contributed by atoms with Crippen LogP contribution < -0.4 is 5.73 Å². The van der Waals surface area contributed by atoms with Crippen molar-refractivity contribution in [2.24, 2.45) is 5.73 Å². The second-order valence-corrected chi connectivity index (χ2v) is 5.50. The van der Waals surface area contributed by atoms with Crippen LogP contribution in [0, 0.1) is 0 Å². The number of rotatable bonds is 4. The Morgan fingerprint density at radius 1 is 0.864 bits per heavy atom. The first-order valence-corrected chi connectivity index (χ1v) is 7.35. The van der Waals surface area contributed by atoms with E-state index in [0.29, 0.717) is 12.0 Å². The minimum atomic E-state index is -0.765. The topological polar surface area (TPSA) is 66.5 Å². The van der Waals surface area contributed by atoms with E-state index in [1.807, 2.05) is 60.7 Å². The minimum absolute atomic E-state index is 0.123. The first kappa shape index (κ1) is 14.6. The van der Waals surface area contributed by atoms with Crippen LogP contribution in [0.25, 0.3) is 10.8 Å². The van der Waals surface area contributed by atoms with Gasteiger partial charge in [-0.1, -0.05) is 60.7 Å². The van der Waals surface area contributed by atoms with Gasteiger partial charge in [0, 0.05) is 12.0 Å². The molecule has 0 saturated heterocycles. The summed E-state index contributed by atoms with van der Waals surface area (Å²) in [6.45, 7) is 0. The van der Waals surface area contributed by atoms with Gasteiger partial charge in [0.15, 0.2) is 0 Å². The van der Waals surface area contributed by atoms with E-state index >= 15 is 0 Å². The molecule has 3 aromatic rings. The molecule has 3 aromatic carbocycles. The van der Waals surface area contributed by atoms with Crippen LogP contribution in [0.3, 0.4) is 0 Å². The minimum Gasteiger partial charge on any atom is -0.508 e. The van der Waals surface area contributed by atoms with Crippen molar-refractivity contribution in [1.29, 1.82) is 0 Å². The molecule has 0 bridgehead atoms. The van der Waals surface area contributed by atoms with E-state index in [2.05, 4.69) is 0 Å². The maximum absolute atomic E-state index is 10.5. The van der Waals surface area contributed by atoms with E-state index in [1.165, 1.54) is 0 Å². The zero-order valence-corrected chi connectivity index (χ0v) is 12.2. The number of phenolic OH excluding ortho intramolecular Hbond substituents is 1. The first-order valence-electron chi connectivity index (χ1n) is 7.35. The Morgan fingerprint density at radius 3 is 2.32 bits per heavy atom. The molecule has 0 heterocycles. The fraction of sp³-hybridized carbons (Fsp3) is 0.158. The summed E-state index contributed by atoms with van der Waals surface area (Å²) in [7, 11) is 0. The van der Waals surface area contributed by atoms with Gasteiger partial charge in [-0.3, -0.25) is 0 Å². The van der Waals surface area contributed by atoms with E-state index in [4.69, 9.17) is 5.73 Å². The van der Waals surface area contributed by atoms with Gasteiger partial charge in [-0.25, -0.2) is 0 Å². The number of hydrogen-bond donors (Lipinski definition) is 3. The van der Waals surface area contributed by atoms with E-state index in [9.17, 15) is 10.2 Å². The summed E-state index contributed by atoms with van der Waals surface area (Å²) in [5.74, 6) is 0.123. The fourth-order valence-electron chi connectivity index (χ4n) is 2.81. The standard InChI is InChI=1S/C19H19NO2/c20-19(17(22)12-13-6-2-1-3-7-13)18-15-9-5-4-8-14(15)10-11-16(18)21/h1-11,17,19,21-22H,12,20H2/t17-,19-/m1/s1. The number of aromatic hydroxyl groups is 1. The number of phenols is 1. The van der Waals surface area contributed by atoms with Crippen LogP contribution in [0.5, 0.6) is 5.75 Å². The highest BCUT2D eigenvalue weighted by atomic mass is 16.3. The average Bonchev–Trinajstić information content (AvgIpc) is 2.55. The molecule has 0 radical (unpaired) electrons. The van der Waals surface area contributed by atoms with Crippen LogP contribution in [-0.4, -0.2) is 16.3 Å². The molecule has 0 fully saturated rings. The van der Waals surface area contributed by atoms with Crippen molar-refractivity contribution >= 4 is 10.8 Å². The summed E-state index contributed by atoms with van der Waals surface area (Å²) >= 11 is 0. The predicted molar refractivity (Wildman–Crippen MR) is 88.7 cm³/mol. The van der Waals surface area contributed by atoms with Crippen molar-refractivity contribution in [3.8, 4) is 5.75 Å². The molecule has 3 rings (SSSR count). The number of benzene rings is 3. The van der Waals surface area contributed by atoms with Crippen molar-refractivity contribution in [2.45, 2.75) is 18.6 Å². The Kier molecular flexibility index (Phi) is 4.09. The SMILES string of the molecule is N[C@@H](c1c(O)ccc2ccccc12)[C@H](O)Cc1ccccc1. The summed E-state index contributed by atoms with van der Waals surface area (Å²) in [6, 6.07) is 20.3. The summed E-state index contributed by atoms with van der Waals surface area (Å²) in [6.07, 6.45) is -0.316. The quantitative estimate of drug-likeness (QED) is 0.692. The monoisotopic (exact) mass is 293 g/mol. The summed E-state index contributed by atoms with van der Waals surface area (Å²) in [4.78, 5) is 0. The zero-order chi connectivity index (χ0) is 15.5. The number of aliphatic hydroxyl groups excluding tert-OH is 1. The smallest absolute Gasteiger partial charge is 0.121 e. The van der Waals surface area contributed by atoms with E-state index < -0.39 is 12.1 Å². The molecular formula is C19H19NO2. The maximum atomic E-state index is 10.5. The molecule has 0 amide bonds. The second-order valence-electron chi connectivity index (χ2n) is 5.50. The van der Waals surface area contributed by atoms with Gasteiger partial charge in [0.25, 0.3) is 0 Å². The predicted octanol–water partition coefficient (Wildman–Crippen LogP) is 3.15. The van der Waals surface area contributed by atoms with Crippen molar-refractivity contribution in [3.05, 3.63) is 77.9 Å². The molecule has 2 atom stereocenters. The molecule has 0 aliphatic heterocycles. The van der Waals surface area contributed by atoms with Gasteiger partial charge >= 0.3 is 0 Å². The Morgan fingerprint density at radius 2 is 1.55 bits per heavy atom. The second kappa shape index (κ2) is 6.18. The first-order chi connectivity index (χ1) is 10.7. The van der Waals surface area contributed by atoms with E-state index in [0.717, 1.165) is 16.3 Å². The number of fused-ring (bicyclic) bond motifs is 1. The summed E-state index contributed by atoms with van der Waals surface area (Å²) in [5.41, 5.74) is 7.86. The van der Waals surface area contributed by atoms with Crippen LogP contribution in [0.15, 0.2) is 66.7 Å². The highest BCUT2D eigenvalue weighted by Crippen LogP contribution is 2.33. The third-order valence-electron chi connectivity index (χ3n) is 3.98. The van der Waals surface area contributed by atoms with Gasteiger partial charge in [0.2, 0.25) is 0 Å². The number of aliphatic hydroxyl groups is 1. The van der Waals surface area contributed by atoms with E-state index in [1.54, 1.807) is 6.07 Å². The van der Waals surface area contributed by atoms with Crippen molar-refractivity contribution < 1.29 is 10.2 Å². The van der Waals surface area contributed by atoms with Gasteiger partial charge in [0.1, 0.15) is 5.75 Å². The van der Waals surface area contributed by atoms with Crippen molar-refractivity contribution in [1.82, 2.24) is 0 Å². The van der Waals surface area contributed by atoms with Crippen LogP contribution in [0.4, 0.5) is 0 Å². The van der Waals surface area contributed by atoms with Crippen LogP contribution in [0.2, 0.25) is 0 Å². The van der Waals surface area contributed by atoms with Crippen molar-refractivity contribution in [3.63, 3.8) is 0 Å². The molecule has 0 unspecified atom stereocenters. The normalized spacial score (nSPS) is 13.9. The lowest BCUT2D eigenvalue weighted by atomic mass is 9.92. The maximum Gasteiger partial charge on any atom is 0.121 e. The molecule has 0 aliphatic carbocycles. The molecule has 3 nitrogen and oxygen atoms in total. The lowest BCUT2D eigenvalue weighted by Gasteiger charge is -2.22. The van der Waals surface area contributed by atoms with Crippen LogP contribution in [-0.2, 0) is 6.42 Å². The largest absolute Gasteiger partial charge is 0.508 e. The fourth-order valence-corrected chi connectivity index (χ4v) is 2.81. The van der Waals surface area contributed by atoms with Gasteiger partial charge < -0.3 is 15.9 Å². The Labute approximate surface area is 129 Å². The van der Waals surface area contributed by atoms with Crippen LogP contribution >= 0.6 is 0 Å². The summed E-state index contributed by atoms with van der Waals surface area (Å²) < 4.78 is 0. The van der Waals surface area contributed by atoms with Gasteiger partial charge in [-0.05, 0) is 22.4 Å². The number of nitrogens with two attached hydrogens (primary N) is 1. The average molecular weight is 293 g/mol. The highest BCUT2D eigenvalue weighted by Gasteiger charge is 2.22. The molecular weight excluding hydrogens is 274 g/mol. The van der Waals surface area contributed by atoms with Gasteiger partial charge in [-0.2, -0.15) is 0 Å². The van der Waals surface area contributed by atoms with Gasteiger partial charge in [0.05, 0.1) is 12.1 Å².